The molecular formula is C25H27N3O5. The second-order valence-electron chi connectivity index (χ2n) is 8.67. The first-order valence-corrected chi connectivity index (χ1v) is 11.1. The van der Waals surface area contributed by atoms with E-state index in [9.17, 15) is 19.2 Å². The maximum absolute atomic E-state index is 12.9. The van der Waals surface area contributed by atoms with Crippen molar-refractivity contribution in [3.63, 3.8) is 0 Å². The van der Waals surface area contributed by atoms with Crippen LogP contribution in [0, 0.1) is 0 Å². The molecule has 0 bridgehead atoms. The minimum atomic E-state index is -0.790. The number of likely N-dealkylation sites (tertiary alicyclic amines) is 1. The van der Waals surface area contributed by atoms with Crippen molar-refractivity contribution in [3.8, 4) is 0 Å². The Balaban J connectivity index is 1.36. The van der Waals surface area contributed by atoms with Crippen LogP contribution in [0.2, 0.25) is 0 Å². The van der Waals surface area contributed by atoms with Gasteiger partial charge in [-0.3, -0.25) is 24.6 Å². The van der Waals surface area contributed by atoms with Crippen LogP contribution in [0.5, 0.6) is 0 Å². The Morgan fingerprint density at radius 3 is 2.55 bits per heavy atom. The minimum Gasteiger partial charge on any atom is -0.445 e. The highest BCUT2D eigenvalue weighted by Gasteiger charge is 2.40. The molecule has 2 aromatic rings. The molecule has 0 aromatic heterocycles. The number of hydrogen-bond acceptors (Lipinski definition) is 5. The van der Waals surface area contributed by atoms with E-state index in [4.69, 9.17) is 4.74 Å². The van der Waals surface area contributed by atoms with Crippen molar-refractivity contribution in [3.05, 3.63) is 65.7 Å². The van der Waals surface area contributed by atoms with Gasteiger partial charge in [0, 0.05) is 18.7 Å². The molecule has 2 fully saturated rings. The molecule has 0 spiro atoms. The molecule has 172 valence electrons. The van der Waals surface area contributed by atoms with E-state index in [2.05, 4.69) is 10.6 Å². The van der Waals surface area contributed by atoms with Crippen molar-refractivity contribution in [2.75, 3.05) is 11.9 Å². The fourth-order valence-electron chi connectivity index (χ4n) is 4.29. The van der Waals surface area contributed by atoms with Gasteiger partial charge in [0.1, 0.15) is 12.6 Å². The fourth-order valence-corrected chi connectivity index (χ4v) is 4.29. The lowest BCUT2D eigenvalue weighted by molar-refractivity contribution is -0.137. The molecule has 4 rings (SSSR count). The molecule has 0 radical (unpaired) electrons. The predicted octanol–water partition coefficient (Wildman–Crippen LogP) is 3.12. The molecule has 2 aromatic carbocycles. The number of nitrogens with zero attached hydrogens (tertiary/aromatic N) is 1. The zero-order chi connectivity index (χ0) is 23.4. The number of amides is 4. The van der Waals surface area contributed by atoms with E-state index in [1.807, 2.05) is 30.3 Å². The lowest BCUT2D eigenvalue weighted by Gasteiger charge is -2.32. The monoisotopic (exact) mass is 449 g/mol. The normalized spacial score (nSPS) is 22.6. The van der Waals surface area contributed by atoms with Crippen LogP contribution < -0.4 is 10.6 Å². The van der Waals surface area contributed by atoms with E-state index in [1.165, 1.54) is 4.90 Å². The Bertz CT molecular complexity index is 1050. The van der Waals surface area contributed by atoms with Gasteiger partial charge in [-0.05, 0) is 49.4 Å². The van der Waals surface area contributed by atoms with Gasteiger partial charge < -0.3 is 10.1 Å². The van der Waals surface area contributed by atoms with Gasteiger partial charge in [-0.1, -0.05) is 42.5 Å². The van der Waals surface area contributed by atoms with Gasteiger partial charge in [-0.25, -0.2) is 4.79 Å². The van der Waals surface area contributed by atoms with E-state index in [-0.39, 0.29) is 24.3 Å². The number of rotatable bonds is 5. The lowest BCUT2D eigenvalue weighted by Crippen LogP contribution is -2.49. The third kappa shape index (κ3) is 4.89. The Kier molecular flexibility index (Phi) is 6.44. The van der Waals surface area contributed by atoms with Gasteiger partial charge >= 0.3 is 6.09 Å². The number of anilines is 1. The first-order valence-electron chi connectivity index (χ1n) is 11.1. The first-order chi connectivity index (χ1) is 15.9. The van der Waals surface area contributed by atoms with Crippen LogP contribution in [0.4, 0.5) is 10.5 Å². The Labute approximate surface area is 192 Å². The maximum atomic E-state index is 12.9. The van der Waals surface area contributed by atoms with E-state index in [0.29, 0.717) is 31.5 Å². The lowest BCUT2D eigenvalue weighted by atomic mass is 9.75. The average molecular weight is 450 g/mol. The summed E-state index contributed by atoms with van der Waals surface area (Å²) in [6, 6.07) is 15.8. The van der Waals surface area contributed by atoms with E-state index in [1.54, 1.807) is 31.2 Å². The molecule has 2 heterocycles. The quantitative estimate of drug-likeness (QED) is 0.683. The molecule has 4 amide bonds. The van der Waals surface area contributed by atoms with Gasteiger partial charge in [0.25, 0.3) is 0 Å². The number of ether oxygens (including phenoxy) is 1. The van der Waals surface area contributed by atoms with Crippen LogP contribution in [0.3, 0.4) is 0 Å². The van der Waals surface area contributed by atoms with E-state index >= 15 is 0 Å². The number of carbonyl (C=O) groups is 4. The number of nitrogens with one attached hydrogen (secondary N) is 2. The smallest absolute Gasteiger partial charge is 0.410 e. The van der Waals surface area contributed by atoms with Crippen molar-refractivity contribution in [1.29, 1.82) is 0 Å². The highest BCUT2D eigenvalue weighted by molar-refractivity contribution is 6.03. The SMILES string of the molecule is CC1(c2ccc(NC(=O)[C@@H]3CCCN3C(=O)OCc3ccccc3)cc2)CCC(=O)NC1=O. The van der Waals surface area contributed by atoms with Gasteiger partial charge in [-0.2, -0.15) is 0 Å². The molecule has 2 aliphatic heterocycles. The molecule has 0 saturated carbocycles. The van der Waals surface area contributed by atoms with Crippen molar-refractivity contribution in [2.45, 2.75) is 50.7 Å². The highest BCUT2D eigenvalue weighted by atomic mass is 16.6. The molecule has 8 heteroatoms. The first kappa shape index (κ1) is 22.5. The van der Waals surface area contributed by atoms with Crippen LogP contribution >= 0.6 is 0 Å². The van der Waals surface area contributed by atoms with Crippen molar-refractivity contribution < 1.29 is 23.9 Å². The molecule has 0 aliphatic carbocycles. The zero-order valence-electron chi connectivity index (χ0n) is 18.5. The molecule has 8 nitrogen and oxygen atoms in total. The van der Waals surface area contributed by atoms with E-state index < -0.39 is 17.6 Å². The summed E-state index contributed by atoms with van der Waals surface area (Å²) in [4.78, 5) is 50.7. The summed E-state index contributed by atoms with van der Waals surface area (Å²) in [7, 11) is 0. The number of benzene rings is 2. The molecule has 1 unspecified atom stereocenters. The fraction of sp³-hybridized carbons (Fsp3) is 0.360. The summed E-state index contributed by atoms with van der Waals surface area (Å²) in [5.41, 5.74) is 1.44. The van der Waals surface area contributed by atoms with Gasteiger partial charge in [0.15, 0.2) is 0 Å². The van der Waals surface area contributed by atoms with Gasteiger partial charge in [0.2, 0.25) is 17.7 Å². The van der Waals surface area contributed by atoms with Crippen molar-refractivity contribution in [2.24, 2.45) is 0 Å². The molecular weight excluding hydrogens is 422 g/mol. The summed E-state index contributed by atoms with van der Waals surface area (Å²) in [5, 5.41) is 5.25. The second-order valence-corrected chi connectivity index (χ2v) is 8.67. The Morgan fingerprint density at radius 2 is 1.85 bits per heavy atom. The number of piperidine rings is 1. The second kappa shape index (κ2) is 9.44. The zero-order valence-corrected chi connectivity index (χ0v) is 18.5. The van der Waals surface area contributed by atoms with Crippen LogP contribution in [-0.2, 0) is 31.1 Å². The van der Waals surface area contributed by atoms with Gasteiger partial charge in [-0.15, -0.1) is 0 Å². The Morgan fingerprint density at radius 1 is 1.12 bits per heavy atom. The summed E-state index contributed by atoms with van der Waals surface area (Å²) in [5.74, 6) is -0.847. The molecule has 2 atom stereocenters. The number of carbonyl (C=O) groups excluding carboxylic acids is 4. The van der Waals surface area contributed by atoms with Crippen LogP contribution in [0.25, 0.3) is 0 Å². The average Bonchev–Trinajstić information content (AvgIpc) is 3.32. The summed E-state index contributed by atoms with van der Waals surface area (Å²) in [6.07, 6.45) is 1.52. The van der Waals surface area contributed by atoms with Gasteiger partial charge in [0.05, 0.1) is 5.41 Å². The Hall–Kier alpha value is -3.68. The number of imide groups is 1. The third-order valence-corrected chi connectivity index (χ3v) is 6.39. The number of hydrogen-bond donors (Lipinski definition) is 2. The summed E-state index contributed by atoms with van der Waals surface area (Å²) < 4.78 is 5.40. The largest absolute Gasteiger partial charge is 0.445 e. The van der Waals surface area contributed by atoms with E-state index in [0.717, 1.165) is 17.5 Å². The summed E-state index contributed by atoms with van der Waals surface area (Å²) in [6.45, 7) is 2.43. The van der Waals surface area contributed by atoms with Crippen LogP contribution in [0.15, 0.2) is 54.6 Å². The molecule has 2 N–H and O–H groups in total. The minimum absolute atomic E-state index is 0.157. The van der Waals surface area contributed by atoms with Crippen LogP contribution in [-0.4, -0.2) is 41.3 Å². The summed E-state index contributed by atoms with van der Waals surface area (Å²) >= 11 is 0. The maximum Gasteiger partial charge on any atom is 0.410 e. The highest BCUT2D eigenvalue weighted by Crippen LogP contribution is 2.32. The molecule has 33 heavy (non-hydrogen) atoms. The molecule has 2 saturated heterocycles. The van der Waals surface area contributed by atoms with Crippen LogP contribution in [0.1, 0.15) is 43.7 Å². The standard InChI is InChI=1S/C25H27N3O5/c1-25(14-13-21(29)27-23(25)31)18-9-11-19(12-10-18)26-22(30)20-8-5-15-28(20)24(32)33-16-17-6-3-2-4-7-17/h2-4,6-7,9-12,20H,5,8,13-16H2,1H3,(H,26,30)(H,27,29,31)/t20-,25?/m0/s1. The van der Waals surface area contributed by atoms with Crippen molar-refractivity contribution in [1.82, 2.24) is 10.2 Å². The topological polar surface area (TPSA) is 105 Å². The molecule has 2 aliphatic rings. The third-order valence-electron chi connectivity index (χ3n) is 6.39. The van der Waals surface area contributed by atoms with Crippen molar-refractivity contribution >= 4 is 29.5 Å². The predicted molar refractivity (Wildman–Crippen MR) is 121 cm³/mol.